The van der Waals surface area contributed by atoms with E-state index in [9.17, 15) is 5.11 Å². The van der Waals surface area contributed by atoms with Crippen LogP contribution in [0.2, 0.25) is 0 Å². The lowest BCUT2D eigenvalue weighted by Gasteiger charge is -2.33. The first kappa shape index (κ1) is 13.8. The Kier molecular flexibility index (Phi) is 4.18. The minimum Gasteiger partial charge on any atom is -0.444 e. The zero-order valence-corrected chi connectivity index (χ0v) is 12.5. The van der Waals surface area contributed by atoms with Crippen LogP contribution in [0.1, 0.15) is 25.2 Å². The molecule has 1 atom stereocenters. The van der Waals surface area contributed by atoms with Crippen molar-refractivity contribution in [1.29, 1.82) is 0 Å². The lowest BCUT2D eigenvalue weighted by atomic mass is 10.0. The van der Waals surface area contributed by atoms with Crippen LogP contribution in [-0.2, 0) is 6.54 Å². The fraction of sp³-hybridized carbons (Fsp3) is 0.538. The first-order valence-corrected chi connectivity index (χ1v) is 7.48. The van der Waals surface area contributed by atoms with Crippen molar-refractivity contribution in [3.8, 4) is 11.7 Å². The zero-order chi connectivity index (χ0) is 13.9. The third-order valence-electron chi connectivity index (χ3n) is 3.55. The largest absolute Gasteiger partial charge is 0.444 e. The van der Waals surface area contributed by atoms with Crippen molar-refractivity contribution in [2.75, 3.05) is 13.2 Å². The van der Waals surface area contributed by atoms with E-state index >= 15 is 0 Å². The van der Waals surface area contributed by atoms with E-state index in [2.05, 4.69) is 31.0 Å². The van der Waals surface area contributed by atoms with E-state index in [0.717, 1.165) is 25.8 Å². The molecule has 1 saturated heterocycles. The van der Waals surface area contributed by atoms with Crippen LogP contribution in [0.4, 0.5) is 0 Å². The minimum absolute atomic E-state index is 0.173. The highest BCUT2D eigenvalue weighted by atomic mass is 79.9. The summed E-state index contributed by atoms with van der Waals surface area (Å²) >= 11 is 3.24. The summed E-state index contributed by atoms with van der Waals surface area (Å²) in [5, 5.41) is 17.4. The second kappa shape index (κ2) is 6.07. The van der Waals surface area contributed by atoms with Crippen LogP contribution in [0, 0.1) is 0 Å². The Morgan fingerprint density at radius 2 is 2.20 bits per heavy atom. The molecule has 3 rings (SSSR count). The number of furan rings is 1. The van der Waals surface area contributed by atoms with Crippen molar-refractivity contribution in [1.82, 2.24) is 15.1 Å². The van der Waals surface area contributed by atoms with Gasteiger partial charge in [0.15, 0.2) is 10.4 Å². The molecule has 0 aromatic carbocycles. The van der Waals surface area contributed by atoms with Gasteiger partial charge in [-0.05, 0) is 47.4 Å². The first-order valence-electron chi connectivity index (χ1n) is 6.69. The fourth-order valence-corrected chi connectivity index (χ4v) is 2.80. The Bertz CT molecular complexity index is 569. The van der Waals surface area contributed by atoms with Gasteiger partial charge < -0.3 is 13.9 Å². The SMILES string of the molecule is OCC1CCCCN1Cc1nnc(-c2ccc(Br)o2)o1. The second-order valence-electron chi connectivity index (χ2n) is 4.91. The molecule has 0 radical (unpaired) electrons. The molecule has 2 aromatic rings. The molecule has 2 aromatic heterocycles. The number of hydrogen-bond donors (Lipinski definition) is 1. The number of rotatable bonds is 4. The Hall–Kier alpha value is -1.18. The summed E-state index contributed by atoms with van der Waals surface area (Å²) in [6.07, 6.45) is 3.32. The number of piperidine rings is 1. The zero-order valence-electron chi connectivity index (χ0n) is 11.0. The molecule has 6 nitrogen and oxygen atoms in total. The lowest BCUT2D eigenvalue weighted by Crippen LogP contribution is -2.41. The second-order valence-corrected chi connectivity index (χ2v) is 5.69. The van der Waals surface area contributed by atoms with Crippen molar-refractivity contribution >= 4 is 15.9 Å². The number of aliphatic hydroxyl groups excluding tert-OH is 1. The van der Waals surface area contributed by atoms with Gasteiger partial charge in [-0.3, -0.25) is 4.90 Å². The molecule has 1 aliphatic heterocycles. The molecule has 0 spiro atoms. The summed E-state index contributed by atoms with van der Waals surface area (Å²) in [4.78, 5) is 2.19. The maximum absolute atomic E-state index is 9.40. The average molecular weight is 342 g/mol. The summed E-state index contributed by atoms with van der Waals surface area (Å²) in [5.41, 5.74) is 0. The van der Waals surface area contributed by atoms with E-state index in [1.54, 1.807) is 12.1 Å². The third kappa shape index (κ3) is 2.94. The summed E-state index contributed by atoms with van der Waals surface area (Å²) in [7, 11) is 0. The summed E-state index contributed by atoms with van der Waals surface area (Å²) in [5.74, 6) is 1.48. The van der Waals surface area contributed by atoms with Gasteiger partial charge in [-0.25, -0.2) is 0 Å². The maximum Gasteiger partial charge on any atom is 0.283 e. The maximum atomic E-state index is 9.40. The Morgan fingerprint density at radius 1 is 1.30 bits per heavy atom. The van der Waals surface area contributed by atoms with E-state index in [1.165, 1.54) is 0 Å². The highest BCUT2D eigenvalue weighted by molar-refractivity contribution is 9.10. The van der Waals surface area contributed by atoms with E-state index in [4.69, 9.17) is 8.83 Å². The van der Waals surface area contributed by atoms with Crippen LogP contribution >= 0.6 is 15.9 Å². The number of hydrogen-bond acceptors (Lipinski definition) is 6. The minimum atomic E-state index is 0.173. The van der Waals surface area contributed by atoms with Gasteiger partial charge in [-0.2, -0.15) is 0 Å². The molecule has 1 aliphatic rings. The highest BCUT2D eigenvalue weighted by Crippen LogP contribution is 2.25. The molecule has 108 valence electrons. The average Bonchev–Trinajstić information content (AvgIpc) is 3.08. The van der Waals surface area contributed by atoms with Crippen molar-refractivity contribution in [2.24, 2.45) is 0 Å². The molecule has 0 aliphatic carbocycles. The predicted molar refractivity (Wildman–Crippen MR) is 74.8 cm³/mol. The van der Waals surface area contributed by atoms with Crippen LogP contribution in [0.25, 0.3) is 11.7 Å². The molecule has 1 fully saturated rings. The van der Waals surface area contributed by atoms with Crippen LogP contribution in [-0.4, -0.2) is 39.4 Å². The van der Waals surface area contributed by atoms with Crippen molar-refractivity contribution in [3.05, 3.63) is 22.7 Å². The van der Waals surface area contributed by atoms with E-state index < -0.39 is 0 Å². The molecule has 1 N–H and O–H groups in total. The predicted octanol–water partition coefficient (Wildman–Crippen LogP) is 2.44. The van der Waals surface area contributed by atoms with Gasteiger partial charge in [-0.15, -0.1) is 10.2 Å². The van der Waals surface area contributed by atoms with Gasteiger partial charge in [0, 0.05) is 6.04 Å². The normalized spacial score (nSPS) is 20.4. The topological polar surface area (TPSA) is 75.5 Å². The number of halogens is 1. The van der Waals surface area contributed by atoms with Crippen molar-refractivity contribution in [3.63, 3.8) is 0 Å². The Morgan fingerprint density at radius 3 is 2.95 bits per heavy atom. The first-order chi connectivity index (χ1) is 9.76. The standard InChI is InChI=1S/C13H16BrN3O3/c14-11-5-4-10(19-11)13-16-15-12(20-13)7-17-6-2-1-3-9(17)8-18/h4-5,9,18H,1-3,6-8H2. The Labute approximate surface area is 124 Å². The van der Waals surface area contributed by atoms with Crippen LogP contribution in [0.15, 0.2) is 25.6 Å². The van der Waals surface area contributed by atoms with Gasteiger partial charge in [0.1, 0.15) is 0 Å². The Balaban J connectivity index is 1.70. The van der Waals surface area contributed by atoms with Crippen LogP contribution in [0.5, 0.6) is 0 Å². The quantitative estimate of drug-likeness (QED) is 0.920. The van der Waals surface area contributed by atoms with Gasteiger partial charge in [0.25, 0.3) is 5.89 Å². The highest BCUT2D eigenvalue weighted by Gasteiger charge is 2.24. The molecular formula is C13H16BrN3O3. The molecule has 0 amide bonds. The van der Waals surface area contributed by atoms with Gasteiger partial charge in [-0.1, -0.05) is 6.42 Å². The number of nitrogens with zero attached hydrogens (tertiary/aromatic N) is 3. The molecule has 3 heterocycles. The van der Waals surface area contributed by atoms with Crippen LogP contribution in [0.3, 0.4) is 0 Å². The molecule has 0 saturated carbocycles. The van der Waals surface area contributed by atoms with Gasteiger partial charge in [0.05, 0.1) is 13.2 Å². The third-order valence-corrected chi connectivity index (χ3v) is 3.98. The number of aliphatic hydroxyl groups is 1. The van der Waals surface area contributed by atoms with E-state index in [-0.39, 0.29) is 12.6 Å². The monoisotopic (exact) mass is 341 g/mol. The van der Waals surface area contributed by atoms with Crippen molar-refractivity contribution < 1.29 is 13.9 Å². The molecule has 7 heteroatoms. The van der Waals surface area contributed by atoms with Gasteiger partial charge in [0.2, 0.25) is 5.89 Å². The molecule has 0 bridgehead atoms. The smallest absolute Gasteiger partial charge is 0.283 e. The summed E-state index contributed by atoms with van der Waals surface area (Å²) in [6.45, 7) is 1.70. The van der Waals surface area contributed by atoms with E-state index in [0.29, 0.717) is 28.8 Å². The number of likely N-dealkylation sites (tertiary alicyclic amines) is 1. The lowest BCUT2D eigenvalue weighted by molar-refractivity contribution is 0.0769. The summed E-state index contributed by atoms with van der Waals surface area (Å²) in [6, 6.07) is 3.75. The summed E-state index contributed by atoms with van der Waals surface area (Å²) < 4.78 is 11.6. The van der Waals surface area contributed by atoms with Crippen LogP contribution < -0.4 is 0 Å². The molecule has 20 heavy (non-hydrogen) atoms. The fourth-order valence-electron chi connectivity index (χ4n) is 2.49. The molecular weight excluding hydrogens is 326 g/mol. The number of aromatic nitrogens is 2. The molecule has 1 unspecified atom stereocenters. The van der Waals surface area contributed by atoms with E-state index in [1.807, 2.05) is 0 Å². The van der Waals surface area contributed by atoms with Crippen molar-refractivity contribution in [2.45, 2.75) is 31.8 Å². The van der Waals surface area contributed by atoms with Gasteiger partial charge >= 0.3 is 0 Å².